The molecule has 0 heteroatoms. The van der Waals surface area contributed by atoms with Crippen molar-refractivity contribution in [3.8, 4) is 0 Å². The summed E-state index contributed by atoms with van der Waals surface area (Å²) in [5.74, 6) is 3.13. The van der Waals surface area contributed by atoms with Crippen molar-refractivity contribution in [1.82, 2.24) is 0 Å². The van der Waals surface area contributed by atoms with Gasteiger partial charge in [0.25, 0.3) is 0 Å². The Labute approximate surface area is 64.0 Å². The number of fused-ring (bicyclic) bond motifs is 1. The summed E-state index contributed by atoms with van der Waals surface area (Å²) in [7, 11) is 0. The minimum atomic E-state index is 0.777. The average Bonchev–Trinajstić information content (AvgIpc) is 2.03. The molecule has 2 rings (SSSR count). The molecule has 2 unspecified atom stereocenters. The van der Waals surface area contributed by atoms with Gasteiger partial charge in [0.05, 0.1) is 0 Å². The Morgan fingerprint density at radius 3 is 2.30 bits per heavy atom. The van der Waals surface area contributed by atoms with Crippen LogP contribution >= 0.6 is 0 Å². The van der Waals surface area contributed by atoms with E-state index in [9.17, 15) is 0 Å². The first-order chi connectivity index (χ1) is 4.63. The van der Waals surface area contributed by atoms with Crippen LogP contribution in [0.15, 0.2) is 0 Å². The van der Waals surface area contributed by atoms with Gasteiger partial charge in [-0.15, -0.1) is 0 Å². The smallest absolute Gasteiger partial charge is 0.0290 e. The maximum atomic E-state index is 2.49. The summed E-state index contributed by atoms with van der Waals surface area (Å²) in [6, 6.07) is 0. The summed E-state index contributed by atoms with van der Waals surface area (Å²) in [5.41, 5.74) is 0.777. The molecule has 10 heavy (non-hydrogen) atoms. The van der Waals surface area contributed by atoms with Crippen molar-refractivity contribution in [3.05, 3.63) is 0 Å². The van der Waals surface area contributed by atoms with E-state index < -0.39 is 0 Å². The van der Waals surface area contributed by atoms with Crippen LogP contribution in [0.5, 0.6) is 0 Å². The highest BCUT2D eigenvalue weighted by molar-refractivity contribution is 5.03. The molecule has 0 nitrogen and oxygen atoms in total. The Morgan fingerprint density at radius 2 is 1.90 bits per heavy atom. The van der Waals surface area contributed by atoms with Gasteiger partial charge in [0.1, 0.15) is 0 Å². The molecule has 0 aromatic carbocycles. The van der Waals surface area contributed by atoms with Crippen molar-refractivity contribution in [1.29, 1.82) is 0 Å². The molecule has 2 fully saturated rings. The first-order valence-corrected chi connectivity index (χ1v) is 4.63. The van der Waals surface area contributed by atoms with Gasteiger partial charge < -0.3 is 0 Å². The highest BCUT2D eigenvalue weighted by Gasteiger charge is 2.53. The number of hydrogen-bond donors (Lipinski definition) is 0. The Balaban J connectivity index is 2.16. The van der Waals surface area contributed by atoms with E-state index in [2.05, 4.69) is 20.8 Å². The van der Waals surface area contributed by atoms with Crippen molar-refractivity contribution in [2.75, 3.05) is 0 Å². The zero-order valence-corrected chi connectivity index (χ0v) is 7.35. The summed E-state index contributed by atoms with van der Waals surface area (Å²) < 4.78 is 0. The topological polar surface area (TPSA) is 0 Å². The van der Waals surface area contributed by atoms with Gasteiger partial charge in [-0.1, -0.05) is 20.8 Å². The van der Waals surface area contributed by atoms with Gasteiger partial charge in [0.15, 0.2) is 0 Å². The van der Waals surface area contributed by atoms with Crippen molar-refractivity contribution < 1.29 is 0 Å². The third-order valence-electron chi connectivity index (χ3n) is 3.99. The van der Waals surface area contributed by atoms with Crippen LogP contribution < -0.4 is 0 Å². The molecule has 0 radical (unpaired) electrons. The predicted molar refractivity (Wildman–Crippen MR) is 43.8 cm³/mol. The second kappa shape index (κ2) is 1.78. The maximum absolute atomic E-state index is 2.49. The summed E-state index contributed by atoms with van der Waals surface area (Å²) >= 11 is 0. The Hall–Kier alpha value is 0. The fourth-order valence-corrected chi connectivity index (χ4v) is 3.78. The Kier molecular flexibility index (Phi) is 1.19. The van der Waals surface area contributed by atoms with Gasteiger partial charge in [-0.2, -0.15) is 0 Å². The fourth-order valence-electron chi connectivity index (χ4n) is 3.78. The minimum absolute atomic E-state index is 0.777. The van der Waals surface area contributed by atoms with Crippen molar-refractivity contribution in [3.63, 3.8) is 0 Å². The van der Waals surface area contributed by atoms with Gasteiger partial charge in [-0.3, -0.25) is 0 Å². The molecular weight excluding hydrogens is 120 g/mol. The van der Waals surface area contributed by atoms with Gasteiger partial charge in [-0.25, -0.2) is 0 Å². The molecule has 0 heterocycles. The molecule has 0 N–H and O–H groups in total. The standard InChI is InChI=1S/C10H18/c1-7-4-5-10(3)6-8(2)9(7)10/h7-9H,4-6H2,1-3H3/t7?,8-,9?,10-/m1/s1. The van der Waals surface area contributed by atoms with Crippen LogP contribution in [0, 0.1) is 23.2 Å². The molecule has 0 aromatic heterocycles. The lowest BCUT2D eigenvalue weighted by atomic mass is 9.55. The molecular formula is C10H18. The lowest BCUT2D eigenvalue weighted by Gasteiger charge is -2.50. The SMILES string of the molecule is CC1CC[C@]2(C)C[C@@H](C)C12. The molecule has 0 amide bonds. The van der Waals surface area contributed by atoms with Gasteiger partial charge in [0.2, 0.25) is 0 Å². The zero-order chi connectivity index (χ0) is 7.35. The predicted octanol–water partition coefficient (Wildman–Crippen LogP) is 3.08. The first kappa shape index (κ1) is 6.69. The van der Waals surface area contributed by atoms with Crippen LogP contribution in [-0.4, -0.2) is 0 Å². The lowest BCUT2D eigenvalue weighted by Crippen LogP contribution is -2.42. The van der Waals surface area contributed by atoms with Gasteiger partial charge in [-0.05, 0) is 42.4 Å². The zero-order valence-electron chi connectivity index (χ0n) is 7.35. The lowest BCUT2D eigenvalue weighted by molar-refractivity contribution is -0.00663. The van der Waals surface area contributed by atoms with Gasteiger partial charge >= 0.3 is 0 Å². The molecule has 0 spiro atoms. The first-order valence-electron chi connectivity index (χ1n) is 4.63. The van der Waals surface area contributed by atoms with E-state index in [1.54, 1.807) is 0 Å². The molecule has 0 bridgehead atoms. The molecule has 0 aliphatic heterocycles. The summed E-state index contributed by atoms with van der Waals surface area (Å²) in [5, 5.41) is 0. The van der Waals surface area contributed by atoms with Crippen LogP contribution in [0.1, 0.15) is 40.0 Å². The van der Waals surface area contributed by atoms with E-state index in [0.717, 1.165) is 23.2 Å². The van der Waals surface area contributed by atoms with E-state index in [4.69, 9.17) is 0 Å². The average molecular weight is 138 g/mol. The van der Waals surface area contributed by atoms with Crippen LogP contribution in [0.25, 0.3) is 0 Å². The van der Waals surface area contributed by atoms with Crippen LogP contribution in [0.3, 0.4) is 0 Å². The summed E-state index contributed by atoms with van der Waals surface area (Å²) in [6.45, 7) is 7.35. The molecule has 0 saturated heterocycles. The maximum Gasteiger partial charge on any atom is -0.0290 e. The second-order valence-electron chi connectivity index (χ2n) is 4.88. The highest BCUT2D eigenvalue weighted by Crippen LogP contribution is 2.62. The molecule has 58 valence electrons. The highest BCUT2D eigenvalue weighted by atomic mass is 14.6. The molecule has 0 aromatic rings. The summed E-state index contributed by atoms with van der Waals surface area (Å²) in [4.78, 5) is 0. The Morgan fingerprint density at radius 1 is 1.20 bits per heavy atom. The van der Waals surface area contributed by atoms with Crippen molar-refractivity contribution in [2.24, 2.45) is 23.2 Å². The van der Waals surface area contributed by atoms with Gasteiger partial charge in [0, 0.05) is 0 Å². The molecule has 4 atom stereocenters. The third-order valence-corrected chi connectivity index (χ3v) is 3.99. The number of hydrogen-bond acceptors (Lipinski definition) is 0. The second-order valence-corrected chi connectivity index (χ2v) is 4.88. The van der Waals surface area contributed by atoms with E-state index in [1.807, 2.05) is 0 Å². The van der Waals surface area contributed by atoms with E-state index in [1.165, 1.54) is 19.3 Å². The van der Waals surface area contributed by atoms with E-state index in [-0.39, 0.29) is 0 Å². The van der Waals surface area contributed by atoms with Crippen molar-refractivity contribution >= 4 is 0 Å². The fraction of sp³-hybridized carbons (Fsp3) is 1.00. The largest absolute Gasteiger partial charge is 0.0622 e. The third kappa shape index (κ3) is 0.627. The molecule has 2 aliphatic carbocycles. The molecule has 2 aliphatic rings. The molecule has 2 saturated carbocycles. The minimum Gasteiger partial charge on any atom is -0.0622 e. The van der Waals surface area contributed by atoms with Crippen LogP contribution in [0.2, 0.25) is 0 Å². The normalized spacial score (nSPS) is 59.7. The van der Waals surface area contributed by atoms with E-state index in [0.29, 0.717) is 0 Å². The van der Waals surface area contributed by atoms with Crippen LogP contribution in [-0.2, 0) is 0 Å². The van der Waals surface area contributed by atoms with Crippen molar-refractivity contribution in [2.45, 2.75) is 40.0 Å². The van der Waals surface area contributed by atoms with Crippen LogP contribution in [0.4, 0.5) is 0 Å². The monoisotopic (exact) mass is 138 g/mol. The number of rotatable bonds is 0. The van der Waals surface area contributed by atoms with E-state index >= 15 is 0 Å². The summed E-state index contributed by atoms with van der Waals surface area (Å²) in [6.07, 6.45) is 4.50. The quantitative estimate of drug-likeness (QED) is 0.482. The Bertz CT molecular complexity index is 146.